The highest BCUT2D eigenvalue weighted by Gasteiger charge is 2.17. The molecule has 1 aromatic carbocycles. The topological polar surface area (TPSA) is 51.5 Å². The van der Waals surface area contributed by atoms with Gasteiger partial charge in [-0.25, -0.2) is 0 Å². The summed E-state index contributed by atoms with van der Waals surface area (Å²) in [5.74, 6) is -0.0526. The summed E-state index contributed by atoms with van der Waals surface area (Å²) in [6, 6.07) is 9.31. The molecule has 0 radical (unpaired) electrons. The van der Waals surface area contributed by atoms with Crippen molar-refractivity contribution in [2.24, 2.45) is 0 Å². The van der Waals surface area contributed by atoms with Gasteiger partial charge in [-0.15, -0.1) is 0 Å². The fourth-order valence-corrected chi connectivity index (χ4v) is 3.12. The lowest BCUT2D eigenvalue weighted by atomic mass is 10.1. The van der Waals surface area contributed by atoms with Crippen LogP contribution in [0.4, 0.5) is 0 Å². The average Bonchev–Trinajstić information content (AvgIpc) is 2.63. The number of aromatic nitrogens is 1. The van der Waals surface area contributed by atoms with E-state index in [4.69, 9.17) is 4.74 Å². The van der Waals surface area contributed by atoms with Gasteiger partial charge in [0.15, 0.2) is 0 Å². The van der Waals surface area contributed by atoms with Gasteiger partial charge in [0, 0.05) is 31.8 Å². The summed E-state index contributed by atoms with van der Waals surface area (Å²) in [5, 5.41) is 1.54. The summed E-state index contributed by atoms with van der Waals surface area (Å²) < 4.78 is 7.18. The van der Waals surface area contributed by atoms with Crippen molar-refractivity contribution in [3.8, 4) is 0 Å². The number of carbonyl (C=O) groups excluding carboxylic acids is 1. The second kappa shape index (κ2) is 7.62. The van der Waals surface area contributed by atoms with E-state index in [2.05, 4.69) is 0 Å². The van der Waals surface area contributed by atoms with Crippen molar-refractivity contribution < 1.29 is 9.53 Å². The summed E-state index contributed by atoms with van der Waals surface area (Å²) in [6.07, 6.45) is 6.23. The lowest BCUT2D eigenvalue weighted by molar-refractivity contribution is -0.131. The van der Waals surface area contributed by atoms with Crippen LogP contribution in [0.1, 0.15) is 25.7 Å². The number of ether oxygens (including phenoxy) is 1. The van der Waals surface area contributed by atoms with Crippen molar-refractivity contribution in [1.82, 2.24) is 9.47 Å². The Morgan fingerprint density at radius 2 is 2.12 bits per heavy atom. The number of pyridine rings is 1. The van der Waals surface area contributed by atoms with E-state index in [1.165, 1.54) is 11.0 Å². The lowest BCUT2D eigenvalue weighted by Gasteiger charge is -2.25. The zero-order chi connectivity index (χ0) is 16.9. The molecule has 5 heteroatoms. The van der Waals surface area contributed by atoms with Gasteiger partial charge >= 0.3 is 0 Å². The molecule has 128 valence electrons. The monoisotopic (exact) mass is 328 g/mol. The minimum absolute atomic E-state index is 0.0526. The summed E-state index contributed by atoms with van der Waals surface area (Å²) in [6.45, 7) is 1.56. The van der Waals surface area contributed by atoms with Crippen LogP contribution in [0.25, 0.3) is 10.8 Å². The zero-order valence-electron chi connectivity index (χ0n) is 14.1. The van der Waals surface area contributed by atoms with Crippen molar-refractivity contribution in [2.75, 3.05) is 20.2 Å². The van der Waals surface area contributed by atoms with Crippen molar-refractivity contribution in [3.63, 3.8) is 0 Å². The van der Waals surface area contributed by atoms with Crippen molar-refractivity contribution in [3.05, 3.63) is 46.9 Å². The Labute approximate surface area is 141 Å². The van der Waals surface area contributed by atoms with Gasteiger partial charge in [0.05, 0.1) is 6.10 Å². The molecule has 1 unspecified atom stereocenters. The molecule has 1 saturated heterocycles. The molecule has 5 nitrogen and oxygen atoms in total. The number of rotatable bonds is 5. The van der Waals surface area contributed by atoms with Crippen molar-refractivity contribution >= 4 is 16.7 Å². The second-order valence-electron chi connectivity index (χ2n) is 6.43. The molecule has 2 heterocycles. The highest BCUT2D eigenvalue weighted by molar-refractivity contribution is 5.82. The third kappa shape index (κ3) is 3.85. The number of nitrogens with zero attached hydrogens (tertiary/aromatic N) is 2. The molecular formula is C19H24N2O3. The summed E-state index contributed by atoms with van der Waals surface area (Å²) >= 11 is 0. The smallest absolute Gasteiger partial charge is 0.258 e. The van der Waals surface area contributed by atoms with Crippen LogP contribution in [-0.4, -0.2) is 41.7 Å². The van der Waals surface area contributed by atoms with E-state index in [0.29, 0.717) is 11.9 Å². The van der Waals surface area contributed by atoms with E-state index in [9.17, 15) is 9.59 Å². The number of carbonyl (C=O) groups is 1. The van der Waals surface area contributed by atoms with E-state index >= 15 is 0 Å². The average molecular weight is 328 g/mol. The quantitative estimate of drug-likeness (QED) is 0.847. The minimum atomic E-state index is -0.120. The first-order valence-corrected chi connectivity index (χ1v) is 8.59. The van der Waals surface area contributed by atoms with Gasteiger partial charge in [0.2, 0.25) is 5.91 Å². The maximum atomic E-state index is 12.5. The Morgan fingerprint density at radius 1 is 1.29 bits per heavy atom. The largest absolute Gasteiger partial charge is 0.378 e. The normalized spacial score (nSPS) is 17.8. The summed E-state index contributed by atoms with van der Waals surface area (Å²) in [4.78, 5) is 26.6. The lowest BCUT2D eigenvalue weighted by Crippen LogP contribution is -2.36. The molecule has 1 fully saturated rings. The summed E-state index contributed by atoms with van der Waals surface area (Å²) in [7, 11) is 1.79. The Hall–Kier alpha value is -2.14. The molecule has 2 aromatic rings. The molecule has 1 aliphatic rings. The van der Waals surface area contributed by atoms with Crippen LogP contribution < -0.4 is 5.56 Å². The molecular weight excluding hydrogens is 304 g/mol. The molecule has 3 rings (SSSR count). The highest BCUT2D eigenvalue weighted by atomic mass is 16.5. The SMILES string of the molecule is CN(CCC1CCCCO1)C(=O)Cn1ccc2ccccc2c1=O. The van der Waals surface area contributed by atoms with Gasteiger partial charge in [-0.05, 0) is 43.2 Å². The second-order valence-corrected chi connectivity index (χ2v) is 6.43. The van der Waals surface area contributed by atoms with Gasteiger partial charge in [0.25, 0.3) is 5.56 Å². The van der Waals surface area contributed by atoms with Crippen molar-refractivity contribution in [2.45, 2.75) is 38.3 Å². The number of benzene rings is 1. The van der Waals surface area contributed by atoms with Crippen LogP contribution >= 0.6 is 0 Å². The Morgan fingerprint density at radius 3 is 2.92 bits per heavy atom. The first-order valence-electron chi connectivity index (χ1n) is 8.59. The number of hydrogen-bond donors (Lipinski definition) is 0. The number of fused-ring (bicyclic) bond motifs is 1. The summed E-state index contributed by atoms with van der Waals surface area (Å²) in [5.41, 5.74) is -0.120. The third-order valence-electron chi connectivity index (χ3n) is 4.68. The molecule has 1 atom stereocenters. The van der Waals surface area contributed by atoms with Crippen LogP contribution in [0.5, 0.6) is 0 Å². The van der Waals surface area contributed by atoms with E-state index in [1.54, 1.807) is 24.2 Å². The van der Waals surface area contributed by atoms with E-state index < -0.39 is 0 Å². The zero-order valence-corrected chi connectivity index (χ0v) is 14.1. The molecule has 0 bridgehead atoms. The molecule has 0 saturated carbocycles. The van der Waals surface area contributed by atoms with Crippen LogP contribution in [0.15, 0.2) is 41.3 Å². The van der Waals surface area contributed by atoms with Crippen LogP contribution in [0.2, 0.25) is 0 Å². The van der Waals surface area contributed by atoms with Gasteiger partial charge in [0.1, 0.15) is 6.54 Å². The molecule has 24 heavy (non-hydrogen) atoms. The predicted molar refractivity (Wildman–Crippen MR) is 94.1 cm³/mol. The molecule has 0 N–H and O–H groups in total. The standard InChI is InChI=1S/C19H24N2O3/c1-20(11-10-16-7-4-5-13-24-16)18(22)14-21-12-9-15-6-2-3-8-17(15)19(21)23/h2-3,6,8-9,12,16H,4-5,7,10-11,13-14H2,1H3. The first kappa shape index (κ1) is 16.7. The molecule has 0 spiro atoms. The van der Waals surface area contributed by atoms with Crippen molar-refractivity contribution in [1.29, 1.82) is 0 Å². The number of likely N-dealkylation sites (N-methyl/N-ethyl adjacent to an activating group) is 1. The van der Waals surface area contributed by atoms with Crippen LogP contribution in [0, 0.1) is 0 Å². The van der Waals surface area contributed by atoms with Crippen LogP contribution in [-0.2, 0) is 16.1 Å². The Balaban J connectivity index is 1.61. The molecule has 1 aliphatic heterocycles. The van der Waals surface area contributed by atoms with Gasteiger partial charge in [-0.2, -0.15) is 0 Å². The fourth-order valence-electron chi connectivity index (χ4n) is 3.12. The fraction of sp³-hybridized carbons (Fsp3) is 0.474. The Kier molecular flexibility index (Phi) is 5.30. The maximum Gasteiger partial charge on any atom is 0.258 e. The van der Waals surface area contributed by atoms with E-state index in [0.717, 1.165) is 31.3 Å². The van der Waals surface area contributed by atoms with Gasteiger partial charge in [-0.3, -0.25) is 9.59 Å². The minimum Gasteiger partial charge on any atom is -0.378 e. The Bertz CT molecular complexity index is 763. The van der Waals surface area contributed by atoms with Gasteiger partial charge < -0.3 is 14.2 Å². The van der Waals surface area contributed by atoms with E-state index in [-0.39, 0.29) is 24.1 Å². The molecule has 1 aromatic heterocycles. The van der Waals surface area contributed by atoms with Gasteiger partial charge in [-0.1, -0.05) is 18.2 Å². The third-order valence-corrected chi connectivity index (χ3v) is 4.68. The maximum absolute atomic E-state index is 12.5. The first-order chi connectivity index (χ1) is 11.6. The number of amides is 1. The predicted octanol–water partition coefficient (Wildman–Crippen LogP) is 2.42. The highest BCUT2D eigenvalue weighted by Crippen LogP contribution is 2.15. The molecule has 1 amide bonds. The molecule has 0 aliphatic carbocycles. The van der Waals surface area contributed by atoms with E-state index in [1.807, 2.05) is 24.3 Å². The number of hydrogen-bond acceptors (Lipinski definition) is 3. The van der Waals surface area contributed by atoms with Crippen LogP contribution in [0.3, 0.4) is 0 Å².